The maximum Gasteiger partial charge on any atom is 0.339 e. The summed E-state index contributed by atoms with van der Waals surface area (Å²) in [4.78, 5) is 16.6. The van der Waals surface area contributed by atoms with E-state index in [4.69, 9.17) is 20.8 Å². The van der Waals surface area contributed by atoms with Crippen molar-refractivity contribution >= 4 is 5.91 Å². The van der Waals surface area contributed by atoms with Crippen LogP contribution in [0.1, 0.15) is 0 Å². The van der Waals surface area contributed by atoms with Gasteiger partial charge in [0.25, 0.3) is 6.57 Å². The van der Waals surface area contributed by atoms with Crippen molar-refractivity contribution in [3.05, 3.63) is 4.85 Å². The van der Waals surface area contributed by atoms with Crippen molar-refractivity contribution in [2.24, 2.45) is 0 Å². The Balaban J connectivity index is 2.37. The van der Waals surface area contributed by atoms with Gasteiger partial charge in [0.05, 0.1) is 39.6 Å². The third-order valence-corrected chi connectivity index (χ3v) is 2.33. The van der Waals surface area contributed by atoms with Crippen LogP contribution in [0, 0.1) is 6.57 Å². The Morgan fingerprint density at radius 3 is 1.94 bits per heavy atom. The molecule has 1 heterocycles. The summed E-state index contributed by atoms with van der Waals surface area (Å²) in [6.45, 7) is 9.20. The number of carbonyl (C=O) groups excluding carboxylic acids is 1. The topological polar surface area (TPSA) is 52.4 Å². The quantitative estimate of drug-likeness (QED) is 0.642. The van der Waals surface area contributed by atoms with Crippen LogP contribution in [0.3, 0.4) is 0 Å². The predicted molar refractivity (Wildman–Crippen MR) is 62.2 cm³/mol. The monoisotopic (exact) mass is 243 g/mol. The average Bonchev–Trinajstić information content (AvgIpc) is 2.30. The Labute approximate surface area is 101 Å². The lowest BCUT2D eigenvalue weighted by atomic mass is 10.4. The molecule has 0 saturated carbocycles. The van der Waals surface area contributed by atoms with Crippen molar-refractivity contribution in [1.82, 2.24) is 4.90 Å². The van der Waals surface area contributed by atoms with E-state index in [1.165, 1.54) is 0 Å². The van der Waals surface area contributed by atoms with Gasteiger partial charge in [-0.3, -0.25) is 4.79 Å². The van der Waals surface area contributed by atoms with Gasteiger partial charge in [-0.05, 0) is 0 Å². The van der Waals surface area contributed by atoms with Crippen LogP contribution in [-0.2, 0) is 19.0 Å². The van der Waals surface area contributed by atoms with Gasteiger partial charge in [0.2, 0.25) is 0 Å². The summed E-state index contributed by atoms with van der Waals surface area (Å²) in [5.74, 6) is -0.104. The lowest BCUT2D eigenvalue weighted by Gasteiger charge is -2.20. The van der Waals surface area contributed by atoms with Gasteiger partial charge >= 0.3 is 12.5 Å². The van der Waals surface area contributed by atoms with E-state index in [1.807, 2.05) is 0 Å². The molecule has 0 radical (unpaired) electrons. The van der Waals surface area contributed by atoms with E-state index in [9.17, 15) is 4.79 Å². The summed E-state index contributed by atoms with van der Waals surface area (Å²) in [7, 11) is 0. The highest BCUT2D eigenvalue weighted by Gasteiger charge is 2.17. The molecule has 1 amide bonds. The van der Waals surface area contributed by atoms with Gasteiger partial charge in [-0.1, -0.05) is 4.85 Å². The fraction of sp³-hybridized carbons (Fsp3) is 0.818. The van der Waals surface area contributed by atoms with Gasteiger partial charge in [0.1, 0.15) is 0 Å². The van der Waals surface area contributed by atoms with Crippen LogP contribution < -0.4 is 0 Å². The minimum Gasteiger partial charge on any atom is -0.377 e. The van der Waals surface area contributed by atoms with Crippen molar-refractivity contribution in [2.75, 3.05) is 59.3 Å². The van der Waals surface area contributed by atoms with E-state index < -0.39 is 0 Å². The molecule has 6 heteroatoms. The molecule has 1 rings (SSSR count). The molecule has 0 spiro atoms. The Kier molecular flexibility index (Phi) is 7.30. The zero-order valence-corrected chi connectivity index (χ0v) is 9.97. The van der Waals surface area contributed by atoms with Gasteiger partial charge in [-0.15, -0.1) is 0 Å². The van der Waals surface area contributed by atoms with Crippen molar-refractivity contribution in [2.45, 2.75) is 0 Å². The van der Waals surface area contributed by atoms with E-state index in [-0.39, 0.29) is 12.5 Å². The number of hydrogen-bond donors (Lipinski definition) is 0. The van der Waals surface area contributed by atoms with Crippen LogP contribution in [0.5, 0.6) is 0 Å². The third kappa shape index (κ3) is 6.22. The highest BCUT2D eigenvalue weighted by atomic mass is 16.5. The van der Waals surface area contributed by atoms with Crippen molar-refractivity contribution in [3.63, 3.8) is 0 Å². The maximum atomic E-state index is 11.6. The molecule has 6 nitrogen and oxygen atoms in total. The number of nitrogens with zero attached hydrogens (tertiary/aromatic N) is 2. The van der Waals surface area contributed by atoms with Crippen LogP contribution >= 0.6 is 0 Å². The third-order valence-electron chi connectivity index (χ3n) is 2.33. The lowest BCUT2D eigenvalue weighted by Crippen LogP contribution is -2.38. The molecular formula is C11H19N2O4+. The van der Waals surface area contributed by atoms with Gasteiger partial charge in [0, 0.05) is 13.1 Å². The molecule has 1 saturated heterocycles. The van der Waals surface area contributed by atoms with E-state index in [0.717, 1.165) is 0 Å². The standard InChI is InChI=1S/C11H19N2O4/c1-12-10-11(14)13-2-4-15-6-8-17-9-7-16-5-3-13/h1H,2-10H2/q+1. The van der Waals surface area contributed by atoms with Crippen LogP contribution in [0.15, 0.2) is 0 Å². The van der Waals surface area contributed by atoms with E-state index in [1.54, 1.807) is 4.90 Å². The summed E-state index contributed by atoms with van der Waals surface area (Å²) in [6.07, 6.45) is 0. The summed E-state index contributed by atoms with van der Waals surface area (Å²) in [5.41, 5.74) is 0. The number of rotatable bonds is 1. The Bertz CT molecular complexity index is 253. The first kappa shape index (κ1) is 13.9. The Morgan fingerprint density at radius 1 is 1.00 bits per heavy atom. The fourth-order valence-corrected chi connectivity index (χ4v) is 1.43. The summed E-state index contributed by atoms with van der Waals surface area (Å²) >= 11 is 0. The predicted octanol–water partition coefficient (Wildman–Crippen LogP) is -0.159. The summed E-state index contributed by atoms with van der Waals surface area (Å²) in [5, 5.41) is 0. The SMILES string of the molecule is C#[N+]CC(=O)N1CCOCCOCCOCC1. The van der Waals surface area contributed by atoms with E-state index in [0.29, 0.717) is 52.7 Å². The lowest BCUT2D eigenvalue weighted by molar-refractivity contribution is -0.131. The first-order chi connectivity index (χ1) is 8.34. The van der Waals surface area contributed by atoms with E-state index >= 15 is 0 Å². The smallest absolute Gasteiger partial charge is 0.339 e. The van der Waals surface area contributed by atoms with Gasteiger partial charge < -0.3 is 19.1 Å². The zero-order valence-electron chi connectivity index (χ0n) is 9.97. The number of carbonyl (C=O) groups is 1. The second-order valence-electron chi connectivity index (χ2n) is 3.56. The highest BCUT2D eigenvalue weighted by Crippen LogP contribution is 1.94. The second kappa shape index (κ2) is 8.93. The molecule has 96 valence electrons. The first-order valence-corrected chi connectivity index (χ1v) is 5.72. The molecule has 0 atom stereocenters. The molecule has 0 bridgehead atoms. The number of ether oxygens (including phenoxy) is 3. The molecule has 1 aliphatic heterocycles. The van der Waals surface area contributed by atoms with Crippen LogP contribution in [0.4, 0.5) is 0 Å². The number of hydrogen-bond acceptors (Lipinski definition) is 4. The largest absolute Gasteiger partial charge is 0.377 e. The molecule has 1 aliphatic rings. The molecule has 0 aromatic heterocycles. The zero-order chi connectivity index (χ0) is 12.3. The minimum atomic E-state index is -0.104. The van der Waals surface area contributed by atoms with Gasteiger partial charge in [-0.25, -0.2) is 0 Å². The van der Waals surface area contributed by atoms with Gasteiger partial charge in [-0.2, -0.15) is 0 Å². The molecule has 0 aliphatic carbocycles. The molecular weight excluding hydrogens is 224 g/mol. The van der Waals surface area contributed by atoms with Crippen LogP contribution in [0.2, 0.25) is 0 Å². The molecule has 0 unspecified atom stereocenters. The Morgan fingerprint density at radius 2 is 1.47 bits per heavy atom. The maximum absolute atomic E-state index is 11.6. The molecule has 1 fully saturated rings. The van der Waals surface area contributed by atoms with Gasteiger partial charge in [0.15, 0.2) is 0 Å². The average molecular weight is 243 g/mol. The van der Waals surface area contributed by atoms with E-state index in [2.05, 4.69) is 4.85 Å². The fourth-order valence-electron chi connectivity index (χ4n) is 1.43. The van der Waals surface area contributed by atoms with Crippen molar-refractivity contribution < 1.29 is 19.0 Å². The van der Waals surface area contributed by atoms with Crippen molar-refractivity contribution in [1.29, 1.82) is 0 Å². The van der Waals surface area contributed by atoms with Crippen molar-refractivity contribution in [3.8, 4) is 6.57 Å². The van der Waals surface area contributed by atoms with Crippen LogP contribution in [-0.4, -0.2) is 70.1 Å². The molecule has 0 aromatic rings. The number of amides is 1. The van der Waals surface area contributed by atoms with Crippen LogP contribution in [0.25, 0.3) is 4.85 Å². The molecule has 0 N–H and O–H groups in total. The normalized spacial score (nSPS) is 19.8. The molecule has 17 heavy (non-hydrogen) atoms. The summed E-state index contributed by atoms with van der Waals surface area (Å²) < 4.78 is 15.9. The second-order valence-corrected chi connectivity index (χ2v) is 3.56. The first-order valence-electron chi connectivity index (χ1n) is 5.72. The molecule has 0 aromatic carbocycles. The Hall–Kier alpha value is -1.16. The minimum absolute atomic E-state index is 0.00309. The highest BCUT2D eigenvalue weighted by molar-refractivity contribution is 5.79. The summed E-state index contributed by atoms with van der Waals surface area (Å²) in [6, 6.07) is 0.